The van der Waals surface area contributed by atoms with Gasteiger partial charge in [-0.2, -0.15) is 0 Å². The van der Waals surface area contributed by atoms with Crippen molar-refractivity contribution in [3.05, 3.63) is 60.2 Å². The molecular formula is C18H22N2O. The highest BCUT2D eigenvalue weighted by Crippen LogP contribution is 2.16. The van der Waals surface area contributed by atoms with Crippen molar-refractivity contribution < 1.29 is 4.79 Å². The molecule has 0 saturated heterocycles. The molecule has 0 saturated carbocycles. The summed E-state index contributed by atoms with van der Waals surface area (Å²) in [5, 5.41) is 0. The largest absolute Gasteiger partial charge is 0.399 e. The number of carbonyl (C=O) groups is 1. The summed E-state index contributed by atoms with van der Waals surface area (Å²) in [5.41, 5.74) is 8.35. The number of anilines is 2. The number of hydrogen-bond donors (Lipinski definition) is 1. The van der Waals surface area contributed by atoms with Crippen LogP contribution in [0.25, 0.3) is 0 Å². The van der Waals surface area contributed by atoms with Crippen LogP contribution in [0.2, 0.25) is 0 Å². The van der Waals surface area contributed by atoms with Crippen molar-refractivity contribution in [1.29, 1.82) is 0 Å². The lowest BCUT2D eigenvalue weighted by Crippen LogP contribution is -2.33. The van der Waals surface area contributed by atoms with E-state index in [-0.39, 0.29) is 5.91 Å². The fraction of sp³-hybridized carbons (Fsp3) is 0.278. The Morgan fingerprint density at radius 2 is 1.71 bits per heavy atom. The quantitative estimate of drug-likeness (QED) is 0.822. The number of hydrogen-bond acceptors (Lipinski definition) is 2. The summed E-state index contributed by atoms with van der Waals surface area (Å²) in [7, 11) is 0. The molecule has 0 bridgehead atoms. The molecule has 3 heteroatoms. The van der Waals surface area contributed by atoms with Crippen LogP contribution in [0.15, 0.2) is 54.6 Å². The fourth-order valence-electron chi connectivity index (χ4n) is 2.23. The van der Waals surface area contributed by atoms with Gasteiger partial charge in [-0.15, -0.1) is 0 Å². The fourth-order valence-corrected chi connectivity index (χ4v) is 2.23. The third-order valence-corrected chi connectivity index (χ3v) is 3.44. The van der Waals surface area contributed by atoms with E-state index in [1.54, 1.807) is 0 Å². The molecule has 0 atom stereocenters. The summed E-state index contributed by atoms with van der Waals surface area (Å²) in [6.45, 7) is 2.89. The second-order valence-corrected chi connectivity index (χ2v) is 5.15. The summed E-state index contributed by atoms with van der Waals surface area (Å²) in [4.78, 5) is 14.5. The molecule has 0 fully saturated rings. The van der Waals surface area contributed by atoms with Gasteiger partial charge in [0, 0.05) is 17.9 Å². The first-order valence-electron chi connectivity index (χ1n) is 7.40. The first kappa shape index (κ1) is 15.1. The van der Waals surface area contributed by atoms with Crippen LogP contribution in [-0.4, -0.2) is 12.5 Å². The molecule has 0 aliphatic heterocycles. The summed E-state index contributed by atoms with van der Waals surface area (Å²) in [6, 6.07) is 17.4. The van der Waals surface area contributed by atoms with E-state index in [1.807, 2.05) is 59.5 Å². The third kappa shape index (κ3) is 4.35. The van der Waals surface area contributed by atoms with Crippen molar-refractivity contribution in [1.82, 2.24) is 0 Å². The molecule has 2 N–H and O–H groups in total. The SMILES string of the molecule is CCCCN(C(=O)Cc1ccc(N)cc1)c1ccccc1. The summed E-state index contributed by atoms with van der Waals surface area (Å²) >= 11 is 0. The van der Waals surface area contributed by atoms with Crippen molar-refractivity contribution >= 4 is 17.3 Å². The number of nitrogen functional groups attached to an aromatic ring is 1. The van der Waals surface area contributed by atoms with Crippen LogP contribution in [0.4, 0.5) is 11.4 Å². The molecule has 0 heterocycles. The van der Waals surface area contributed by atoms with Crippen molar-refractivity contribution in [2.75, 3.05) is 17.2 Å². The van der Waals surface area contributed by atoms with Crippen LogP contribution in [0, 0.1) is 0 Å². The molecule has 1 amide bonds. The zero-order chi connectivity index (χ0) is 15.1. The maximum Gasteiger partial charge on any atom is 0.231 e. The molecule has 2 aromatic rings. The monoisotopic (exact) mass is 282 g/mol. The molecular weight excluding hydrogens is 260 g/mol. The molecule has 110 valence electrons. The minimum absolute atomic E-state index is 0.124. The molecule has 0 aliphatic rings. The van der Waals surface area contributed by atoms with Gasteiger partial charge < -0.3 is 10.6 Å². The van der Waals surface area contributed by atoms with Crippen molar-refractivity contribution in [3.63, 3.8) is 0 Å². The minimum Gasteiger partial charge on any atom is -0.399 e. The summed E-state index contributed by atoms with van der Waals surface area (Å²) < 4.78 is 0. The van der Waals surface area contributed by atoms with E-state index < -0.39 is 0 Å². The first-order chi connectivity index (χ1) is 10.2. The molecule has 2 aromatic carbocycles. The standard InChI is InChI=1S/C18H22N2O/c1-2-3-13-20(17-7-5-4-6-8-17)18(21)14-15-9-11-16(19)12-10-15/h4-12H,2-3,13-14,19H2,1H3. The predicted octanol–water partition coefficient (Wildman–Crippen LogP) is 3.64. The van der Waals surface area contributed by atoms with Gasteiger partial charge in [-0.05, 0) is 36.2 Å². The van der Waals surface area contributed by atoms with Gasteiger partial charge in [-0.3, -0.25) is 4.79 Å². The van der Waals surface area contributed by atoms with Crippen LogP contribution < -0.4 is 10.6 Å². The number of para-hydroxylation sites is 1. The predicted molar refractivity (Wildman–Crippen MR) is 88.3 cm³/mol. The van der Waals surface area contributed by atoms with Gasteiger partial charge in [-0.1, -0.05) is 43.7 Å². The lowest BCUT2D eigenvalue weighted by atomic mass is 10.1. The second kappa shape index (κ2) is 7.48. The Morgan fingerprint density at radius 3 is 2.33 bits per heavy atom. The first-order valence-corrected chi connectivity index (χ1v) is 7.40. The van der Waals surface area contributed by atoms with E-state index >= 15 is 0 Å². The topological polar surface area (TPSA) is 46.3 Å². The summed E-state index contributed by atoms with van der Waals surface area (Å²) in [6.07, 6.45) is 2.47. The number of amides is 1. The maximum atomic E-state index is 12.6. The van der Waals surface area contributed by atoms with Crippen LogP contribution in [-0.2, 0) is 11.2 Å². The molecule has 0 aliphatic carbocycles. The average Bonchev–Trinajstić information content (AvgIpc) is 2.51. The van der Waals surface area contributed by atoms with Crippen molar-refractivity contribution in [2.24, 2.45) is 0 Å². The smallest absolute Gasteiger partial charge is 0.231 e. The molecule has 0 radical (unpaired) electrons. The van der Waals surface area contributed by atoms with Crippen LogP contribution in [0.3, 0.4) is 0 Å². The highest BCUT2D eigenvalue weighted by Gasteiger charge is 2.15. The third-order valence-electron chi connectivity index (χ3n) is 3.44. The van der Waals surface area contributed by atoms with E-state index in [2.05, 4.69) is 6.92 Å². The lowest BCUT2D eigenvalue weighted by Gasteiger charge is -2.23. The van der Waals surface area contributed by atoms with Gasteiger partial charge in [0.05, 0.1) is 6.42 Å². The average molecular weight is 282 g/mol. The van der Waals surface area contributed by atoms with Crippen LogP contribution >= 0.6 is 0 Å². The molecule has 2 rings (SSSR count). The number of unbranched alkanes of at least 4 members (excludes halogenated alkanes) is 1. The molecule has 21 heavy (non-hydrogen) atoms. The van der Waals surface area contributed by atoms with Gasteiger partial charge in [-0.25, -0.2) is 0 Å². The number of nitrogens with two attached hydrogens (primary N) is 1. The maximum absolute atomic E-state index is 12.6. The van der Waals surface area contributed by atoms with Crippen molar-refractivity contribution in [3.8, 4) is 0 Å². The Bertz CT molecular complexity index is 564. The molecule has 0 unspecified atom stereocenters. The van der Waals surface area contributed by atoms with Gasteiger partial charge >= 0.3 is 0 Å². The van der Waals surface area contributed by atoms with E-state index in [1.165, 1.54) is 0 Å². The van der Waals surface area contributed by atoms with Gasteiger partial charge in [0.1, 0.15) is 0 Å². The zero-order valence-corrected chi connectivity index (χ0v) is 12.5. The second-order valence-electron chi connectivity index (χ2n) is 5.15. The molecule has 0 spiro atoms. The highest BCUT2D eigenvalue weighted by molar-refractivity contribution is 5.94. The van der Waals surface area contributed by atoms with E-state index in [0.29, 0.717) is 6.42 Å². The Hall–Kier alpha value is -2.29. The van der Waals surface area contributed by atoms with E-state index in [9.17, 15) is 4.79 Å². The van der Waals surface area contributed by atoms with Crippen molar-refractivity contribution in [2.45, 2.75) is 26.2 Å². The van der Waals surface area contributed by atoms with E-state index in [0.717, 1.165) is 36.3 Å². The normalized spacial score (nSPS) is 10.3. The summed E-state index contributed by atoms with van der Waals surface area (Å²) in [5.74, 6) is 0.124. The van der Waals surface area contributed by atoms with Gasteiger partial charge in [0.15, 0.2) is 0 Å². The Labute approximate surface area is 126 Å². The van der Waals surface area contributed by atoms with E-state index in [4.69, 9.17) is 5.73 Å². The molecule has 3 nitrogen and oxygen atoms in total. The number of nitrogens with zero attached hydrogens (tertiary/aromatic N) is 1. The van der Waals surface area contributed by atoms with Crippen LogP contribution in [0.5, 0.6) is 0 Å². The van der Waals surface area contributed by atoms with Gasteiger partial charge in [0.2, 0.25) is 5.91 Å². The Balaban J connectivity index is 2.12. The zero-order valence-electron chi connectivity index (χ0n) is 12.5. The minimum atomic E-state index is 0.124. The molecule has 0 aromatic heterocycles. The Morgan fingerprint density at radius 1 is 1.05 bits per heavy atom. The number of rotatable bonds is 6. The number of carbonyl (C=O) groups excluding carboxylic acids is 1. The highest BCUT2D eigenvalue weighted by atomic mass is 16.2. The van der Waals surface area contributed by atoms with Gasteiger partial charge in [0.25, 0.3) is 0 Å². The van der Waals surface area contributed by atoms with Crippen LogP contribution in [0.1, 0.15) is 25.3 Å². The Kier molecular flexibility index (Phi) is 5.38. The number of benzene rings is 2. The lowest BCUT2D eigenvalue weighted by molar-refractivity contribution is -0.118.